The van der Waals surface area contributed by atoms with E-state index in [1.807, 2.05) is 32.0 Å². The van der Waals surface area contributed by atoms with Gasteiger partial charge in [-0.05, 0) is 62.2 Å². The maximum atomic E-state index is 12.2. The van der Waals surface area contributed by atoms with Gasteiger partial charge in [0.1, 0.15) is 5.75 Å². The first-order valence-corrected chi connectivity index (χ1v) is 10.9. The molecule has 0 aliphatic carbocycles. The average Bonchev–Trinajstić information content (AvgIpc) is 2.82. The summed E-state index contributed by atoms with van der Waals surface area (Å²) in [5.74, 6) is 2.80. The van der Waals surface area contributed by atoms with Gasteiger partial charge in [0, 0.05) is 32.2 Å². The summed E-state index contributed by atoms with van der Waals surface area (Å²) in [7, 11) is 3.31. The van der Waals surface area contributed by atoms with Crippen LogP contribution >= 0.6 is 0 Å². The second-order valence-corrected chi connectivity index (χ2v) is 6.81. The molecule has 2 aromatic carbocycles. The van der Waals surface area contributed by atoms with Gasteiger partial charge in [-0.15, -0.1) is 0 Å². The number of aliphatic imine (C=N–C) groups is 1. The van der Waals surface area contributed by atoms with Gasteiger partial charge in [0.05, 0.1) is 20.3 Å². The summed E-state index contributed by atoms with van der Waals surface area (Å²) < 4.78 is 16.4. The van der Waals surface area contributed by atoms with Gasteiger partial charge in [-0.3, -0.25) is 9.79 Å². The summed E-state index contributed by atoms with van der Waals surface area (Å²) in [5, 5.41) is 9.36. The maximum absolute atomic E-state index is 12.2. The first kappa shape index (κ1) is 24.8. The van der Waals surface area contributed by atoms with Crippen molar-refractivity contribution in [3.8, 4) is 17.2 Å². The Balaban J connectivity index is 1.72. The van der Waals surface area contributed by atoms with Gasteiger partial charge in [-0.25, -0.2) is 0 Å². The monoisotopic (exact) mass is 442 g/mol. The molecule has 0 spiro atoms. The molecule has 0 heterocycles. The highest BCUT2D eigenvalue weighted by Gasteiger charge is 2.07. The van der Waals surface area contributed by atoms with Gasteiger partial charge >= 0.3 is 0 Å². The lowest BCUT2D eigenvalue weighted by Crippen LogP contribution is -2.42. The quantitative estimate of drug-likeness (QED) is 0.266. The van der Waals surface area contributed by atoms with E-state index in [4.69, 9.17) is 14.2 Å². The fourth-order valence-electron chi connectivity index (χ4n) is 3.00. The number of guanidine groups is 1. The fourth-order valence-corrected chi connectivity index (χ4v) is 3.00. The molecule has 0 aliphatic heterocycles. The molecule has 0 radical (unpaired) electrons. The Kier molecular flexibility index (Phi) is 10.7. The van der Waals surface area contributed by atoms with Crippen LogP contribution in [-0.4, -0.2) is 58.9 Å². The molecule has 2 aromatic rings. The zero-order valence-electron chi connectivity index (χ0n) is 19.4. The first-order chi connectivity index (χ1) is 15.6. The van der Waals surface area contributed by atoms with Crippen LogP contribution in [0.3, 0.4) is 0 Å². The summed E-state index contributed by atoms with van der Waals surface area (Å²) in [6, 6.07) is 13.0. The fraction of sp³-hybridized carbons (Fsp3) is 0.417. The van der Waals surface area contributed by atoms with Crippen molar-refractivity contribution in [3.63, 3.8) is 0 Å². The van der Waals surface area contributed by atoms with E-state index in [1.165, 1.54) is 0 Å². The third-order valence-corrected chi connectivity index (χ3v) is 4.59. The van der Waals surface area contributed by atoms with Crippen LogP contribution in [0.15, 0.2) is 47.5 Å². The molecule has 0 unspecified atom stereocenters. The number of benzene rings is 2. The van der Waals surface area contributed by atoms with E-state index < -0.39 is 0 Å². The van der Waals surface area contributed by atoms with Gasteiger partial charge < -0.3 is 30.2 Å². The Morgan fingerprint density at radius 2 is 1.53 bits per heavy atom. The van der Waals surface area contributed by atoms with Gasteiger partial charge in [0.15, 0.2) is 17.5 Å². The number of ether oxygens (including phenoxy) is 3. The lowest BCUT2D eigenvalue weighted by atomic mass is 10.1. The van der Waals surface area contributed by atoms with Crippen molar-refractivity contribution in [3.05, 3.63) is 53.6 Å². The number of carbonyl (C=O) groups is 1. The molecule has 0 aromatic heterocycles. The highest BCUT2D eigenvalue weighted by Crippen LogP contribution is 2.28. The molecule has 2 rings (SSSR count). The van der Waals surface area contributed by atoms with Gasteiger partial charge in [-0.1, -0.05) is 6.07 Å². The maximum Gasteiger partial charge on any atom is 0.251 e. The molecule has 32 heavy (non-hydrogen) atoms. The molecule has 1 amide bonds. The smallest absolute Gasteiger partial charge is 0.251 e. The van der Waals surface area contributed by atoms with Crippen LogP contribution in [0, 0.1) is 0 Å². The largest absolute Gasteiger partial charge is 0.497 e. The number of amides is 1. The Morgan fingerprint density at radius 1 is 0.875 bits per heavy atom. The van der Waals surface area contributed by atoms with Crippen molar-refractivity contribution in [2.24, 2.45) is 4.99 Å². The van der Waals surface area contributed by atoms with Crippen molar-refractivity contribution < 1.29 is 19.0 Å². The number of nitrogens with zero attached hydrogens (tertiary/aromatic N) is 1. The second kappa shape index (κ2) is 13.8. The third-order valence-electron chi connectivity index (χ3n) is 4.59. The van der Waals surface area contributed by atoms with Crippen LogP contribution in [0.4, 0.5) is 0 Å². The topological polar surface area (TPSA) is 93.2 Å². The van der Waals surface area contributed by atoms with E-state index in [2.05, 4.69) is 20.9 Å². The molecule has 174 valence electrons. The second-order valence-electron chi connectivity index (χ2n) is 6.81. The van der Waals surface area contributed by atoms with Gasteiger partial charge in [0.2, 0.25) is 0 Å². The van der Waals surface area contributed by atoms with Crippen LogP contribution in [-0.2, 0) is 6.42 Å². The molecular weight excluding hydrogens is 408 g/mol. The molecule has 0 saturated heterocycles. The molecule has 0 atom stereocenters. The molecule has 8 heteroatoms. The molecule has 3 N–H and O–H groups in total. The Hall–Kier alpha value is -3.42. The standard InChI is InChI=1S/C24H34N4O4/c1-5-31-21-12-7-18(17-22(21)32-6-2)13-14-27-24(25-3)28-16-15-26-23(29)19-8-10-20(30-4)11-9-19/h7-12,17H,5-6,13-16H2,1-4H3,(H,26,29)(H2,25,27,28). The number of hydrogen-bond donors (Lipinski definition) is 3. The van der Waals surface area contributed by atoms with E-state index in [9.17, 15) is 4.79 Å². The SMILES string of the molecule is CCOc1ccc(CCNC(=NC)NCCNC(=O)c2ccc(OC)cc2)cc1OCC. The van der Waals surface area contributed by atoms with Gasteiger partial charge in [0.25, 0.3) is 5.91 Å². The van der Waals surface area contributed by atoms with Crippen LogP contribution < -0.4 is 30.2 Å². The summed E-state index contributed by atoms with van der Waals surface area (Å²) in [5.41, 5.74) is 1.74. The normalized spacial score (nSPS) is 10.9. The molecule has 0 saturated carbocycles. The molecule has 8 nitrogen and oxygen atoms in total. The lowest BCUT2D eigenvalue weighted by Gasteiger charge is -2.14. The van der Waals surface area contributed by atoms with Crippen LogP contribution in [0.5, 0.6) is 17.2 Å². The number of carbonyl (C=O) groups excluding carboxylic acids is 1. The van der Waals surface area contributed by atoms with Crippen molar-refractivity contribution in [1.29, 1.82) is 0 Å². The van der Waals surface area contributed by atoms with Crippen molar-refractivity contribution >= 4 is 11.9 Å². The molecule has 0 aliphatic rings. The first-order valence-electron chi connectivity index (χ1n) is 10.9. The van der Waals surface area contributed by atoms with Crippen LogP contribution in [0.2, 0.25) is 0 Å². The Bertz CT molecular complexity index is 869. The summed E-state index contributed by atoms with van der Waals surface area (Å²) >= 11 is 0. The predicted octanol–water partition coefficient (Wildman–Crippen LogP) is 2.63. The zero-order valence-corrected chi connectivity index (χ0v) is 19.4. The minimum atomic E-state index is -0.127. The van der Waals surface area contributed by atoms with E-state index in [0.717, 1.165) is 29.2 Å². The number of methoxy groups -OCH3 is 1. The predicted molar refractivity (Wildman–Crippen MR) is 127 cm³/mol. The zero-order chi connectivity index (χ0) is 23.2. The van der Waals surface area contributed by atoms with Crippen molar-refractivity contribution in [2.45, 2.75) is 20.3 Å². The van der Waals surface area contributed by atoms with Crippen LogP contribution in [0.25, 0.3) is 0 Å². The minimum absolute atomic E-state index is 0.127. The molecule has 0 fully saturated rings. The van der Waals surface area contributed by atoms with Crippen molar-refractivity contribution in [1.82, 2.24) is 16.0 Å². The Morgan fingerprint density at radius 3 is 2.19 bits per heavy atom. The lowest BCUT2D eigenvalue weighted by molar-refractivity contribution is 0.0954. The third kappa shape index (κ3) is 8.02. The van der Waals surface area contributed by atoms with Gasteiger partial charge in [-0.2, -0.15) is 0 Å². The van der Waals surface area contributed by atoms with Crippen molar-refractivity contribution in [2.75, 3.05) is 47.0 Å². The minimum Gasteiger partial charge on any atom is -0.497 e. The highest BCUT2D eigenvalue weighted by molar-refractivity contribution is 5.94. The van der Waals surface area contributed by atoms with E-state index >= 15 is 0 Å². The summed E-state index contributed by atoms with van der Waals surface area (Å²) in [6.45, 7) is 6.84. The highest BCUT2D eigenvalue weighted by atomic mass is 16.5. The summed E-state index contributed by atoms with van der Waals surface area (Å²) in [6.07, 6.45) is 0.807. The molecule has 0 bridgehead atoms. The number of nitrogens with one attached hydrogen (secondary N) is 3. The van der Waals surface area contributed by atoms with E-state index in [0.29, 0.717) is 44.4 Å². The van der Waals surface area contributed by atoms with E-state index in [-0.39, 0.29) is 5.91 Å². The van der Waals surface area contributed by atoms with E-state index in [1.54, 1.807) is 38.4 Å². The number of rotatable bonds is 12. The molecular formula is C24H34N4O4. The number of hydrogen-bond acceptors (Lipinski definition) is 5. The Labute approximate surface area is 190 Å². The average molecular weight is 443 g/mol. The van der Waals surface area contributed by atoms with Crippen LogP contribution in [0.1, 0.15) is 29.8 Å². The summed E-state index contributed by atoms with van der Waals surface area (Å²) in [4.78, 5) is 16.4.